The summed E-state index contributed by atoms with van der Waals surface area (Å²) in [5.74, 6) is 0. The van der Waals surface area contributed by atoms with Gasteiger partial charge in [0.05, 0.1) is 6.54 Å². The van der Waals surface area contributed by atoms with Crippen molar-refractivity contribution in [3.63, 3.8) is 0 Å². The van der Waals surface area contributed by atoms with E-state index in [1.807, 2.05) is 0 Å². The molecular weight excluding hydrogens is 232 g/mol. The quantitative estimate of drug-likeness (QED) is 0.793. The van der Waals surface area contributed by atoms with Crippen molar-refractivity contribution in [2.75, 3.05) is 13.2 Å². The predicted molar refractivity (Wildman–Crippen MR) is 57.0 cm³/mol. The van der Waals surface area contributed by atoms with Gasteiger partial charge in [0.15, 0.2) is 0 Å². The Balaban J connectivity index is 1.98. The number of hydrogen-bond donors (Lipinski definition) is 1. The molecule has 1 heterocycles. The summed E-state index contributed by atoms with van der Waals surface area (Å²) in [6.07, 6.45) is 4.16. The number of amides is 1. The van der Waals surface area contributed by atoms with Crippen LogP contribution in [0.5, 0.6) is 0 Å². The molecule has 0 radical (unpaired) electrons. The highest BCUT2D eigenvalue weighted by molar-refractivity contribution is 7.87. The molecule has 2 aliphatic rings. The third-order valence-electron chi connectivity index (χ3n) is 2.93. The lowest BCUT2D eigenvalue weighted by Gasteiger charge is -2.24. The van der Waals surface area contributed by atoms with Gasteiger partial charge in [-0.2, -0.15) is 17.4 Å². The van der Waals surface area contributed by atoms with Crippen LogP contribution in [-0.4, -0.2) is 38.0 Å². The van der Waals surface area contributed by atoms with Crippen molar-refractivity contribution >= 4 is 16.3 Å². The Morgan fingerprint density at radius 2 is 1.94 bits per heavy atom. The van der Waals surface area contributed by atoms with Crippen LogP contribution in [0.3, 0.4) is 0 Å². The molecule has 16 heavy (non-hydrogen) atoms. The van der Waals surface area contributed by atoms with E-state index in [4.69, 9.17) is 0 Å². The van der Waals surface area contributed by atoms with E-state index in [0.717, 1.165) is 36.4 Å². The van der Waals surface area contributed by atoms with Crippen LogP contribution in [0.15, 0.2) is 0 Å². The maximum atomic E-state index is 11.8. The molecule has 7 heteroatoms. The maximum absolute atomic E-state index is 11.8. The molecule has 6 nitrogen and oxygen atoms in total. The number of ether oxygens (including phenoxy) is 1. The van der Waals surface area contributed by atoms with Crippen molar-refractivity contribution in [1.29, 1.82) is 0 Å². The van der Waals surface area contributed by atoms with Gasteiger partial charge in [-0.25, -0.2) is 4.79 Å². The van der Waals surface area contributed by atoms with Gasteiger partial charge in [0.25, 0.3) is 0 Å². The SMILES string of the molecule is O=C1OCCN1S(=O)(=O)NC1CCCCC1. The number of rotatable bonds is 3. The molecule has 0 aromatic carbocycles. The highest BCUT2D eigenvalue weighted by Gasteiger charge is 2.34. The Morgan fingerprint density at radius 1 is 1.25 bits per heavy atom. The maximum Gasteiger partial charge on any atom is 0.424 e. The van der Waals surface area contributed by atoms with Gasteiger partial charge in [-0.15, -0.1) is 0 Å². The molecule has 1 aliphatic carbocycles. The summed E-state index contributed by atoms with van der Waals surface area (Å²) in [6.45, 7) is 0.255. The Bertz CT molecular complexity index is 362. The molecule has 0 aromatic rings. The normalized spacial score (nSPS) is 23.5. The van der Waals surface area contributed by atoms with Crippen LogP contribution in [-0.2, 0) is 14.9 Å². The lowest BCUT2D eigenvalue weighted by atomic mass is 9.96. The smallest absolute Gasteiger partial charge is 0.424 e. The predicted octanol–water partition coefficient (Wildman–Crippen LogP) is 0.606. The Labute approximate surface area is 95.1 Å². The summed E-state index contributed by atoms with van der Waals surface area (Å²) in [6, 6.07) is -0.0350. The molecule has 1 saturated heterocycles. The van der Waals surface area contributed by atoms with E-state index in [2.05, 4.69) is 9.46 Å². The zero-order valence-corrected chi connectivity index (χ0v) is 9.83. The molecule has 1 aliphatic heterocycles. The van der Waals surface area contributed by atoms with Crippen LogP contribution in [0.25, 0.3) is 0 Å². The molecule has 92 valence electrons. The van der Waals surface area contributed by atoms with Crippen LogP contribution in [0.1, 0.15) is 32.1 Å². The lowest BCUT2D eigenvalue weighted by molar-refractivity contribution is 0.169. The zero-order chi connectivity index (χ0) is 11.6. The summed E-state index contributed by atoms with van der Waals surface area (Å²) in [5.41, 5.74) is 0. The van der Waals surface area contributed by atoms with Crippen molar-refractivity contribution in [2.24, 2.45) is 0 Å². The van der Waals surface area contributed by atoms with Gasteiger partial charge in [-0.3, -0.25) is 0 Å². The van der Waals surface area contributed by atoms with E-state index in [-0.39, 0.29) is 19.2 Å². The average Bonchev–Trinajstić information content (AvgIpc) is 2.66. The minimum atomic E-state index is -3.70. The zero-order valence-electron chi connectivity index (χ0n) is 9.02. The van der Waals surface area contributed by atoms with Crippen LogP contribution in [0, 0.1) is 0 Å². The number of cyclic esters (lactones) is 1. The van der Waals surface area contributed by atoms with Crippen LogP contribution >= 0.6 is 0 Å². The fourth-order valence-electron chi connectivity index (χ4n) is 2.09. The largest absolute Gasteiger partial charge is 0.447 e. The van der Waals surface area contributed by atoms with Crippen molar-refractivity contribution in [1.82, 2.24) is 9.03 Å². The summed E-state index contributed by atoms with van der Waals surface area (Å²) in [5, 5.41) is 0. The Kier molecular flexibility index (Phi) is 3.34. The first-order chi connectivity index (χ1) is 7.59. The first-order valence-corrected chi connectivity index (χ1v) is 7.00. The minimum Gasteiger partial charge on any atom is -0.447 e. The van der Waals surface area contributed by atoms with E-state index < -0.39 is 16.3 Å². The van der Waals surface area contributed by atoms with Gasteiger partial charge in [-0.1, -0.05) is 19.3 Å². The van der Waals surface area contributed by atoms with Gasteiger partial charge in [0.2, 0.25) is 0 Å². The van der Waals surface area contributed by atoms with Gasteiger partial charge < -0.3 is 4.74 Å². The number of nitrogens with zero attached hydrogens (tertiary/aromatic N) is 1. The minimum absolute atomic E-state index is 0.0350. The molecular formula is C9H16N2O4S. The summed E-state index contributed by atoms with van der Waals surface area (Å²) >= 11 is 0. The van der Waals surface area contributed by atoms with Gasteiger partial charge >= 0.3 is 16.3 Å². The standard InChI is InChI=1S/C9H16N2O4S/c12-9-11(6-7-15-9)16(13,14)10-8-4-2-1-3-5-8/h8,10H,1-7H2. The molecule has 1 N–H and O–H groups in total. The second kappa shape index (κ2) is 4.58. The number of nitrogens with one attached hydrogen (secondary N) is 1. The number of carbonyl (C=O) groups excluding carboxylic acids is 1. The molecule has 2 fully saturated rings. The fraction of sp³-hybridized carbons (Fsp3) is 0.889. The first-order valence-electron chi connectivity index (χ1n) is 5.56. The van der Waals surface area contributed by atoms with Gasteiger partial charge in [-0.05, 0) is 12.8 Å². The van der Waals surface area contributed by atoms with Crippen molar-refractivity contribution < 1.29 is 17.9 Å². The molecule has 2 rings (SSSR count). The molecule has 0 unspecified atom stereocenters. The third-order valence-corrected chi connectivity index (χ3v) is 4.48. The van der Waals surface area contributed by atoms with Gasteiger partial charge in [0, 0.05) is 6.04 Å². The van der Waals surface area contributed by atoms with E-state index in [0.29, 0.717) is 0 Å². The van der Waals surface area contributed by atoms with Crippen LogP contribution in [0.2, 0.25) is 0 Å². The fourth-order valence-corrected chi connectivity index (χ4v) is 3.44. The lowest BCUT2D eigenvalue weighted by Crippen LogP contribution is -2.46. The van der Waals surface area contributed by atoms with Crippen LogP contribution in [0.4, 0.5) is 4.79 Å². The number of hydrogen-bond acceptors (Lipinski definition) is 4. The van der Waals surface area contributed by atoms with E-state index in [1.54, 1.807) is 0 Å². The molecule has 0 spiro atoms. The molecule has 1 saturated carbocycles. The second-order valence-electron chi connectivity index (χ2n) is 4.14. The van der Waals surface area contributed by atoms with E-state index in [1.165, 1.54) is 0 Å². The molecule has 0 atom stereocenters. The van der Waals surface area contributed by atoms with Gasteiger partial charge in [0.1, 0.15) is 6.61 Å². The first kappa shape index (κ1) is 11.7. The van der Waals surface area contributed by atoms with Crippen molar-refractivity contribution in [2.45, 2.75) is 38.1 Å². The molecule has 1 amide bonds. The molecule has 0 bridgehead atoms. The van der Waals surface area contributed by atoms with Crippen LogP contribution < -0.4 is 4.72 Å². The van der Waals surface area contributed by atoms with E-state index >= 15 is 0 Å². The highest BCUT2D eigenvalue weighted by Crippen LogP contribution is 2.19. The topological polar surface area (TPSA) is 75.7 Å². The molecule has 0 aromatic heterocycles. The second-order valence-corrected chi connectivity index (χ2v) is 5.77. The summed E-state index contributed by atoms with van der Waals surface area (Å²) < 4.78 is 31.6. The number of carbonyl (C=O) groups is 1. The third kappa shape index (κ3) is 2.46. The Morgan fingerprint density at radius 3 is 2.50 bits per heavy atom. The van der Waals surface area contributed by atoms with Crippen molar-refractivity contribution in [3.8, 4) is 0 Å². The average molecular weight is 248 g/mol. The Hall–Kier alpha value is -0.820. The summed E-state index contributed by atoms with van der Waals surface area (Å²) in [7, 11) is -3.70. The summed E-state index contributed by atoms with van der Waals surface area (Å²) in [4.78, 5) is 11.1. The van der Waals surface area contributed by atoms with E-state index in [9.17, 15) is 13.2 Å². The highest BCUT2D eigenvalue weighted by atomic mass is 32.2. The van der Waals surface area contributed by atoms with Crippen molar-refractivity contribution in [3.05, 3.63) is 0 Å². The monoisotopic (exact) mass is 248 g/mol.